The van der Waals surface area contributed by atoms with Crippen LogP contribution < -0.4 is 4.90 Å². The van der Waals surface area contributed by atoms with Crippen molar-refractivity contribution in [3.8, 4) is 0 Å². The van der Waals surface area contributed by atoms with Crippen molar-refractivity contribution in [3.05, 3.63) is 30.3 Å². The number of carbonyl (C=O) groups excluding carboxylic acids is 3. The summed E-state index contributed by atoms with van der Waals surface area (Å²) in [5, 5.41) is 0. The quantitative estimate of drug-likeness (QED) is 0.767. The molecular formula is C20H23N3O3. The van der Waals surface area contributed by atoms with Gasteiger partial charge in [-0.3, -0.25) is 9.59 Å². The minimum absolute atomic E-state index is 0.140. The summed E-state index contributed by atoms with van der Waals surface area (Å²) in [7, 11) is 0. The second-order valence-electron chi connectivity index (χ2n) is 7.89. The molecule has 4 unspecified atom stereocenters. The van der Waals surface area contributed by atoms with E-state index in [0.717, 1.165) is 31.4 Å². The third-order valence-corrected chi connectivity index (χ3v) is 6.59. The van der Waals surface area contributed by atoms with Gasteiger partial charge < -0.3 is 9.80 Å². The molecule has 0 N–H and O–H groups in total. The lowest BCUT2D eigenvalue weighted by Gasteiger charge is -2.31. The van der Waals surface area contributed by atoms with Crippen LogP contribution in [0, 0.1) is 5.92 Å². The van der Waals surface area contributed by atoms with Gasteiger partial charge in [-0.1, -0.05) is 31.0 Å². The number of hydrogen-bond donors (Lipinski definition) is 0. The molecule has 1 saturated carbocycles. The van der Waals surface area contributed by atoms with Crippen LogP contribution >= 0.6 is 0 Å². The van der Waals surface area contributed by atoms with E-state index in [9.17, 15) is 14.4 Å². The largest absolute Gasteiger partial charge is 0.328 e. The third kappa shape index (κ3) is 2.14. The lowest BCUT2D eigenvalue weighted by Crippen LogP contribution is -2.48. The molecule has 4 aliphatic rings. The molecule has 1 aliphatic carbocycles. The van der Waals surface area contributed by atoms with E-state index in [0.29, 0.717) is 18.9 Å². The highest BCUT2D eigenvalue weighted by Crippen LogP contribution is 2.44. The van der Waals surface area contributed by atoms with Crippen molar-refractivity contribution in [1.82, 2.24) is 9.80 Å². The Kier molecular flexibility index (Phi) is 3.55. The van der Waals surface area contributed by atoms with Crippen LogP contribution in [0.2, 0.25) is 0 Å². The first-order chi connectivity index (χ1) is 12.7. The molecule has 6 nitrogen and oxygen atoms in total. The molecule has 4 atom stereocenters. The Bertz CT molecular complexity index is 765. The molecule has 3 aliphatic heterocycles. The number of hydrogen-bond acceptors (Lipinski definition) is 3. The first-order valence-corrected chi connectivity index (χ1v) is 9.68. The van der Waals surface area contributed by atoms with Crippen molar-refractivity contribution in [1.29, 1.82) is 0 Å². The lowest BCUT2D eigenvalue weighted by atomic mass is 9.84. The van der Waals surface area contributed by atoms with E-state index in [1.54, 1.807) is 4.90 Å². The molecule has 0 aromatic heterocycles. The van der Waals surface area contributed by atoms with Gasteiger partial charge in [0, 0.05) is 18.3 Å². The summed E-state index contributed by atoms with van der Waals surface area (Å²) in [6.07, 6.45) is 5.71. The fourth-order valence-electron chi connectivity index (χ4n) is 5.39. The van der Waals surface area contributed by atoms with Crippen LogP contribution in [0.15, 0.2) is 30.3 Å². The third-order valence-electron chi connectivity index (χ3n) is 6.59. The Labute approximate surface area is 152 Å². The minimum atomic E-state index is -0.650. The Hall–Kier alpha value is -2.37. The Morgan fingerprint density at radius 2 is 1.62 bits per heavy atom. The maximum absolute atomic E-state index is 13.1. The number of fused-ring (bicyclic) bond motifs is 3. The maximum atomic E-state index is 13.1. The highest BCUT2D eigenvalue weighted by atomic mass is 16.2. The Balaban J connectivity index is 1.39. The van der Waals surface area contributed by atoms with E-state index >= 15 is 0 Å². The van der Waals surface area contributed by atoms with Gasteiger partial charge in [-0.05, 0) is 43.7 Å². The zero-order chi connectivity index (χ0) is 17.8. The number of nitrogens with zero attached hydrogens (tertiary/aromatic N) is 3. The van der Waals surface area contributed by atoms with E-state index in [-0.39, 0.29) is 29.9 Å². The van der Waals surface area contributed by atoms with Gasteiger partial charge in [0.2, 0.25) is 5.91 Å². The van der Waals surface area contributed by atoms with Gasteiger partial charge in [0.1, 0.15) is 12.1 Å². The van der Waals surface area contributed by atoms with E-state index < -0.39 is 6.04 Å². The van der Waals surface area contributed by atoms with Crippen LogP contribution in [0.25, 0.3) is 0 Å². The first kappa shape index (κ1) is 15.9. The van der Waals surface area contributed by atoms with Crippen LogP contribution in [-0.4, -0.2) is 52.3 Å². The molecule has 3 saturated heterocycles. The average molecular weight is 353 g/mol. The van der Waals surface area contributed by atoms with Crippen molar-refractivity contribution >= 4 is 23.5 Å². The number of benzene rings is 1. The molecular weight excluding hydrogens is 330 g/mol. The lowest BCUT2D eigenvalue weighted by molar-refractivity contribution is -0.134. The number of carbonyl (C=O) groups is 3. The monoisotopic (exact) mass is 353 g/mol. The number of amides is 4. The predicted molar refractivity (Wildman–Crippen MR) is 95.4 cm³/mol. The number of imide groups is 1. The molecule has 6 heteroatoms. The van der Waals surface area contributed by atoms with Crippen LogP contribution in [0.1, 0.15) is 38.5 Å². The molecule has 136 valence electrons. The van der Waals surface area contributed by atoms with Crippen LogP contribution in [0.5, 0.6) is 0 Å². The number of urea groups is 1. The van der Waals surface area contributed by atoms with Crippen molar-refractivity contribution < 1.29 is 14.4 Å². The Morgan fingerprint density at radius 3 is 2.42 bits per heavy atom. The van der Waals surface area contributed by atoms with Crippen LogP contribution in [0.3, 0.4) is 0 Å². The normalized spacial score (nSPS) is 33.8. The Morgan fingerprint density at radius 1 is 0.846 bits per heavy atom. The second-order valence-corrected chi connectivity index (χ2v) is 7.89. The van der Waals surface area contributed by atoms with Crippen molar-refractivity contribution in [2.75, 3.05) is 11.4 Å². The second kappa shape index (κ2) is 5.83. The van der Waals surface area contributed by atoms with Crippen LogP contribution in [0.4, 0.5) is 10.5 Å². The SMILES string of the molecule is O=C1C(N2C(=O)C3CC4CCCCC4N3C2=O)CCN1c1ccccc1. The first-order valence-electron chi connectivity index (χ1n) is 9.68. The summed E-state index contributed by atoms with van der Waals surface area (Å²) in [6, 6.07) is 8.43. The minimum Gasteiger partial charge on any atom is -0.311 e. The molecule has 5 rings (SSSR count). The fourth-order valence-corrected chi connectivity index (χ4v) is 5.39. The topological polar surface area (TPSA) is 60.9 Å². The van der Waals surface area contributed by atoms with Gasteiger partial charge in [-0.15, -0.1) is 0 Å². The van der Waals surface area contributed by atoms with Gasteiger partial charge in [0.25, 0.3) is 5.91 Å². The molecule has 4 amide bonds. The molecule has 4 fully saturated rings. The molecule has 3 heterocycles. The summed E-state index contributed by atoms with van der Waals surface area (Å²) in [4.78, 5) is 43.8. The molecule has 0 spiro atoms. The van der Waals surface area contributed by atoms with Gasteiger partial charge >= 0.3 is 6.03 Å². The number of para-hydroxylation sites is 1. The predicted octanol–water partition coefficient (Wildman–Crippen LogP) is 2.39. The van der Waals surface area contributed by atoms with Gasteiger partial charge in [0.05, 0.1) is 0 Å². The molecule has 26 heavy (non-hydrogen) atoms. The zero-order valence-electron chi connectivity index (χ0n) is 14.7. The summed E-state index contributed by atoms with van der Waals surface area (Å²) in [6.45, 7) is 0.543. The van der Waals surface area contributed by atoms with Gasteiger partial charge in [0.15, 0.2) is 0 Å². The average Bonchev–Trinajstić information content (AvgIpc) is 3.29. The smallest absolute Gasteiger partial charge is 0.311 e. The van der Waals surface area contributed by atoms with E-state index in [1.165, 1.54) is 11.3 Å². The van der Waals surface area contributed by atoms with E-state index in [1.807, 2.05) is 35.2 Å². The summed E-state index contributed by atoms with van der Waals surface area (Å²) >= 11 is 0. The van der Waals surface area contributed by atoms with Gasteiger partial charge in [-0.2, -0.15) is 0 Å². The number of anilines is 1. The highest BCUT2D eigenvalue weighted by molar-refractivity contribution is 6.11. The van der Waals surface area contributed by atoms with Crippen molar-refractivity contribution in [2.24, 2.45) is 5.92 Å². The molecule has 0 radical (unpaired) electrons. The van der Waals surface area contributed by atoms with Crippen molar-refractivity contribution in [3.63, 3.8) is 0 Å². The van der Waals surface area contributed by atoms with E-state index in [2.05, 4.69) is 0 Å². The molecule has 1 aromatic carbocycles. The summed E-state index contributed by atoms with van der Waals surface area (Å²) in [5.41, 5.74) is 0.826. The number of rotatable bonds is 2. The summed E-state index contributed by atoms with van der Waals surface area (Å²) in [5.74, 6) is 0.167. The summed E-state index contributed by atoms with van der Waals surface area (Å²) < 4.78 is 0. The fraction of sp³-hybridized carbons (Fsp3) is 0.550. The standard InChI is InChI=1S/C20H23N3O3/c24-18-16(10-11-21(18)14-7-2-1-3-8-14)23-19(25)17-12-13-6-4-5-9-15(13)22(17)20(23)26/h1-3,7-8,13,15-17H,4-6,9-12H2. The molecule has 1 aromatic rings. The highest BCUT2D eigenvalue weighted by Gasteiger charge is 2.58. The van der Waals surface area contributed by atoms with Crippen molar-refractivity contribution in [2.45, 2.75) is 56.7 Å². The van der Waals surface area contributed by atoms with E-state index in [4.69, 9.17) is 0 Å². The molecule has 0 bridgehead atoms. The van der Waals surface area contributed by atoms with Gasteiger partial charge in [-0.25, -0.2) is 9.69 Å². The van der Waals surface area contributed by atoms with Crippen LogP contribution in [-0.2, 0) is 9.59 Å². The zero-order valence-corrected chi connectivity index (χ0v) is 14.7. The maximum Gasteiger partial charge on any atom is 0.328 e.